The first kappa shape index (κ1) is 14.5. The number of hydrogen-bond donors (Lipinski definition) is 1. The van der Waals surface area contributed by atoms with E-state index in [0.717, 1.165) is 6.54 Å². The topological polar surface area (TPSA) is 29.3 Å². The maximum atomic E-state index is 6.49. The summed E-state index contributed by atoms with van der Waals surface area (Å²) >= 11 is 0. The molecule has 2 nitrogen and oxygen atoms in total. The van der Waals surface area contributed by atoms with Crippen LogP contribution in [0.15, 0.2) is 12.1 Å². The van der Waals surface area contributed by atoms with Crippen LogP contribution < -0.4 is 5.73 Å². The molecule has 1 unspecified atom stereocenters. The van der Waals surface area contributed by atoms with Gasteiger partial charge >= 0.3 is 0 Å². The van der Waals surface area contributed by atoms with Gasteiger partial charge in [0.2, 0.25) is 0 Å². The lowest BCUT2D eigenvalue weighted by Gasteiger charge is -2.26. The highest BCUT2D eigenvalue weighted by Gasteiger charge is 2.17. The molecule has 0 amide bonds. The SMILES string of the molecule is Cc1cc(C)c(C(N)CN2CCCCCC2)c(C)c1. The second kappa shape index (κ2) is 6.53. The Balaban J connectivity index is 2.08. The van der Waals surface area contributed by atoms with Crippen LogP contribution in [0.1, 0.15) is 54.0 Å². The zero-order valence-corrected chi connectivity index (χ0v) is 12.7. The van der Waals surface area contributed by atoms with Gasteiger partial charge in [0.15, 0.2) is 0 Å². The maximum absolute atomic E-state index is 6.49. The molecule has 0 aromatic heterocycles. The minimum atomic E-state index is 0.152. The van der Waals surface area contributed by atoms with E-state index in [9.17, 15) is 0 Å². The van der Waals surface area contributed by atoms with E-state index in [1.54, 1.807) is 0 Å². The summed E-state index contributed by atoms with van der Waals surface area (Å²) in [6.45, 7) is 9.99. The smallest absolute Gasteiger partial charge is 0.0429 e. The Morgan fingerprint density at radius 1 is 1.00 bits per heavy atom. The van der Waals surface area contributed by atoms with Gasteiger partial charge in [-0.05, 0) is 63.4 Å². The predicted molar refractivity (Wildman–Crippen MR) is 82.5 cm³/mol. The molecular formula is C17H28N2. The van der Waals surface area contributed by atoms with Gasteiger partial charge in [-0.2, -0.15) is 0 Å². The van der Waals surface area contributed by atoms with Gasteiger partial charge in [-0.15, -0.1) is 0 Å². The summed E-state index contributed by atoms with van der Waals surface area (Å²) in [7, 11) is 0. The monoisotopic (exact) mass is 260 g/mol. The molecule has 19 heavy (non-hydrogen) atoms. The first-order valence-electron chi connectivity index (χ1n) is 7.63. The van der Waals surface area contributed by atoms with Crippen molar-refractivity contribution >= 4 is 0 Å². The first-order valence-corrected chi connectivity index (χ1v) is 7.63. The lowest BCUT2D eigenvalue weighted by Crippen LogP contribution is -2.33. The summed E-state index contributed by atoms with van der Waals surface area (Å²) in [6.07, 6.45) is 5.43. The fourth-order valence-corrected chi connectivity index (χ4v) is 3.46. The Kier molecular flexibility index (Phi) is 5.00. The largest absolute Gasteiger partial charge is 0.323 e. The van der Waals surface area contributed by atoms with Crippen molar-refractivity contribution in [2.24, 2.45) is 5.73 Å². The summed E-state index contributed by atoms with van der Waals surface area (Å²) in [5.74, 6) is 0. The minimum absolute atomic E-state index is 0.152. The second-order valence-corrected chi connectivity index (χ2v) is 6.13. The van der Waals surface area contributed by atoms with Gasteiger partial charge in [0.25, 0.3) is 0 Å². The van der Waals surface area contributed by atoms with Crippen molar-refractivity contribution in [1.29, 1.82) is 0 Å². The molecule has 0 spiro atoms. The Morgan fingerprint density at radius 3 is 2.05 bits per heavy atom. The normalized spacial score (nSPS) is 19.2. The quantitative estimate of drug-likeness (QED) is 0.901. The minimum Gasteiger partial charge on any atom is -0.323 e. The van der Waals surface area contributed by atoms with Gasteiger partial charge in [0, 0.05) is 12.6 Å². The van der Waals surface area contributed by atoms with Crippen molar-refractivity contribution in [2.45, 2.75) is 52.5 Å². The van der Waals surface area contributed by atoms with Crippen molar-refractivity contribution < 1.29 is 0 Å². The molecule has 0 bridgehead atoms. The molecule has 2 heteroatoms. The van der Waals surface area contributed by atoms with E-state index in [0.29, 0.717) is 0 Å². The number of hydrogen-bond acceptors (Lipinski definition) is 2. The first-order chi connectivity index (χ1) is 9.08. The second-order valence-electron chi connectivity index (χ2n) is 6.13. The van der Waals surface area contributed by atoms with Crippen molar-refractivity contribution in [3.05, 3.63) is 34.4 Å². The summed E-state index contributed by atoms with van der Waals surface area (Å²) < 4.78 is 0. The number of nitrogens with zero attached hydrogens (tertiary/aromatic N) is 1. The summed E-state index contributed by atoms with van der Waals surface area (Å²) in [4.78, 5) is 2.55. The standard InChI is InChI=1S/C17H28N2/c1-13-10-14(2)17(15(3)11-13)16(18)12-19-8-6-4-5-7-9-19/h10-11,16H,4-9,12,18H2,1-3H3. The molecule has 1 heterocycles. The van der Waals surface area contributed by atoms with Crippen molar-refractivity contribution in [3.8, 4) is 0 Å². The van der Waals surface area contributed by atoms with Crippen LogP contribution in [-0.4, -0.2) is 24.5 Å². The maximum Gasteiger partial charge on any atom is 0.0429 e. The summed E-state index contributed by atoms with van der Waals surface area (Å²) in [6, 6.07) is 4.66. The van der Waals surface area contributed by atoms with Crippen LogP contribution in [0.25, 0.3) is 0 Å². The van der Waals surface area contributed by atoms with Gasteiger partial charge in [-0.1, -0.05) is 30.5 Å². The zero-order chi connectivity index (χ0) is 13.8. The van der Waals surface area contributed by atoms with Crippen molar-refractivity contribution in [1.82, 2.24) is 4.90 Å². The predicted octanol–water partition coefficient (Wildman–Crippen LogP) is 3.49. The molecule has 1 saturated heterocycles. The fraction of sp³-hybridized carbons (Fsp3) is 0.647. The Morgan fingerprint density at radius 2 is 1.53 bits per heavy atom. The van der Waals surface area contributed by atoms with Crippen LogP contribution >= 0.6 is 0 Å². The summed E-state index contributed by atoms with van der Waals surface area (Å²) in [5.41, 5.74) is 11.9. The number of likely N-dealkylation sites (tertiary alicyclic amines) is 1. The lowest BCUT2D eigenvalue weighted by molar-refractivity contribution is 0.267. The van der Waals surface area contributed by atoms with Crippen LogP contribution in [0.5, 0.6) is 0 Å². The third kappa shape index (κ3) is 3.80. The van der Waals surface area contributed by atoms with Gasteiger partial charge < -0.3 is 10.6 Å². The van der Waals surface area contributed by atoms with Crippen molar-refractivity contribution in [3.63, 3.8) is 0 Å². The highest BCUT2D eigenvalue weighted by atomic mass is 15.1. The lowest BCUT2D eigenvalue weighted by atomic mass is 9.94. The highest BCUT2D eigenvalue weighted by molar-refractivity contribution is 5.39. The molecule has 2 rings (SSSR count). The highest BCUT2D eigenvalue weighted by Crippen LogP contribution is 2.23. The van der Waals surface area contributed by atoms with Gasteiger partial charge in [-0.25, -0.2) is 0 Å². The van der Waals surface area contributed by atoms with E-state index >= 15 is 0 Å². The van der Waals surface area contributed by atoms with Gasteiger partial charge in [0.1, 0.15) is 0 Å². The average Bonchev–Trinajstić information content (AvgIpc) is 2.56. The molecule has 0 radical (unpaired) electrons. The van der Waals surface area contributed by atoms with Crippen LogP contribution in [0.2, 0.25) is 0 Å². The van der Waals surface area contributed by atoms with E-state index in [2.05, 4.69) is 37.8 Å². The Bertz CT molecular complexity index is 394. The third-order valence-corrected chi connectivity index (χ3v) is 4.26. The molecule has 1 aromatic carbocycles. The third-order valence-electron chi connectivity index (χ3n) is 4.26. The van der Waals surface area contributed by atoms with Crippen molar-refractivity contribution in [2.75, 3.05) is 19.6 Å². The van der Waals surface area contributed by atoms with Gasteiger partial charge in [0.05, 0.1) is 0 Å². The Labute approximate surface area is 118 Å². The van der Waals surface area contributed by atoms with E-state index < -0.39 is 0 Å². The molecule has 1 aliphatic heterocycles. The number of nitrogens with two attached hydrogens (primary N) is 1. The molecule has 2 N–H and O–H groups in total. The fourth-order valence-electron chi connectivity index (χ4n) is 3.46. The van der Waals surface area contributed by atoms with Crippen LogP contribution in [0.3, 0.4) is 0 Å². The number of aryl methyl sites for hydroxylation is 3. The summed E-state index contributed by atoms with van der Waals surface area (Å²) in [5, 5.41) is 0. The Hall–Kier alpha value is -0.860. The average molecular weight is 260 g/mol. The molecule has 1 fully saturated rings. The van der Waals surface area contributed by atoms with Gasteiger partial charge in [-0.3, -0.25) is 0 Å². The van der Waals surface area contributed by atoms with E-state index in [1.807, 2.05) is 0 Å². The van der Waals surface area contributed by atoms with E-state index in [-0.39, 0.29) is 6.04 Å². The molecule has 1 atom stereocenters. The van der Waals surface area contributed by atoms with E-state index in [1.165, 1.54) is 61.0 Å². The molecular weight excluding hydrogens is 232 g/mol. The molecule has 106 valence electrons. The van der Waals surface area contributed by atoms with Crippen LogP contribution in [-0.2, 0) is 0 Å². The molecule has 0 aliphatic carbocycles. The van der Waals surface area contributed by atoms with E-state index in [4.69, 9.17) is 5.73 Å². The molecule has 1 aliphatic rings. The van der Waals surface area contributed by atoms with Crippen LogP contribution in [0, 0.1) is 20.8 Å². The number of benzene rings is 1. The van der Waals surface area contributed by atoms with Crippen LogP contribution in [0.4, 0.5) is 0 Å². The zero-order valence-electron chi connectivity index (χ0n) is 12.7. The number of rotatable bonds is 3. The molecule has 1 aromatic rings. The molecule has 0 saturated carbocycles.